The zero-order chi connectivity index (χ0) is 13.8. The minimum atomic E-state index is -1.16. The molecule has 5 nitrogen and oxygen atoms in total. The number of carboxylic acid groups (broad SMARTS) is 1. The zero-order valence-electron chi connectivity index (χ0n) is 10.3. The van der Waals surface area contributed by atoms with E-state index in [1.54, 1.807) is 6.07 Å². The van der Waals surface area contributed by atoms with E-state index < -0.39 is 5.97 Å². The van der Waals surface area contributed by atoms with E-state index in [0.29, 0.717) is 5.92 Å². The number of amides is 1. The largest absolute Gasteiger partial charge is 0.478 e. The monoisotopic (exact) mass is 282 g/mol. The van der Waals surface area contributed by atoms with Gasteiger partial charge in [-0.25, -0.2) is 4.79 Å². The number of carboxylic acids is 1. The highest BCUT2D eigenvalue weighted by Crippen LogP contribution is 2.27. The summed E-state index contributed by atoms with van der Waals surface area (Å²) in [5.74, 6) is -0.745. The lowest BCUT2D eigenvalue weighted by Crippen LogP contribution is -2.30. The van der Waals surface area contributed by atoms with E-state index in [9.17, 15) is 9.59 Å². The van der Waals surface area contributed by atoms with Gasteiger partial charge in [0.05, 0.1) is 17.3 Å². The van der Waals surface area contributed by atoms with E-state index in [2.05, 4.69) is 10.6 Å². The van der Waals surface area contributed by atoms with E-state index in [4.69, 9.17) is 16.7 Å². The molecule has 1 aromatic carbocycles. The third-order valence-corrected chi connectivity index (χ3v) is 3.23. The first-order chi connectivity index (χ1) is 9.08. The molecule has 0 aliphatic heterocycles. The van der Waals surface area contributed by atoms with Crippen molar-refractivity contribution < 1.29 is 14.7 Å². The molecule has 0 radical (unpaired) electrons. The summed E-state index contributed by atoms with van der Waals surface area (Å²) in [6.07, 6.45) is 2.43. The fourth-order valence-electron chi connectivity index (χ4n) is 1.75. The normalized spacial score (nSPS) is 14.2. The highest BCUT2D eigenvalue weighted by Gasteiger charge is 2.21. The predicted octanol–water partition coefficient (Wildman–Crippen LogP) is 1.98. The molecule has 1 aliphatic carbocycles. The average Bonchev–Trinajstić information content (AvgIpc) is 3.12. The Kier molecular flexibility index (Phi) is 4.39. The van der Waals surface area contributed by atoms with E-state index in [0.717, 1.165) is 6.54 Å². The van der Waals surface area contributed by atoms with Crippen LogP contribution in [-0.2, 0) is 4.79 Å². The van der Waals surface area contributed by atoms with Gasteiger partial charge in [0.25, 0.3) is 0 Å². The highest BCUT2D eigenvalue weighted by molar-refractivity contribution is 6.34. The van der Waals surface area contributed by atoms with Crippen molar-refractivity contribution in [2.24, 2.45) is 5.92 Å². The van der Waals surface area contributed by atoms with Crippen molar-refractivity contribution in [3.63, 3.8) is 0 Å². The van der Waals surface area contributed by atoms with Crippen LogP contribution in [0.3, 0.4) is 0 Å². The number of carbonyl (C=O) groups is 2. The van der Waals surface area contributed by atoms with Crippen molar-refractivity contribution in [1.29, 1.82) is 0 Å². The molecule has 0 bridgehead atoms. The van der Waals surface area contributed by atoms with Gasteiger partial charge in [-0.2, -0.15) is 0 Å². The Bertz CT molecular complexity index is 501. The van der Waals surface area contributed by atoms with Crippen LogP contribution in [-0.4, -0.2) is 30.1 Å². The molecule has 1 aliphatic rings. The van der Waals surface area contributed by atoms with Gasteiger partial charge in [-0.3, -0.25) is 4.79 Å². The number of carbonyl (C=O) groups excluding carboxylic acids is 1. The van der Waals surface area contributed by atoms with Crippen LogP contribution in [0, 0.1) is 5.92 Å². The van der Waals surface area contributed by atoms with E-state index in [1.807, 2.05) is 0 Å². The number of benzene rings is 1. The molecular weight excluding hydrogens is 268 g/mol. The number of anilines is 1. The van der Waals surface area contributed by atoms with Gasteiger partial charge in [0.15, 0.2) is 0 Å². The van der Waals surface area contributed by atoms with Crippen molar-refractivity contribution in [2.45, 2.75) is 12.8 Å². The maximum atomic E-state index is 11.7. The van der Waals surface area contributed by atoms with Crippen LogP contribution in [0.2, 0.25) is 5.02 Å². The van der Waals surface area contributed by atoms with Crippen LogP contribution in [0.25, 0.3) is 0 Å². The van der Waals surface area contributed by atoms with Crippen LogP contribution < -0.4 is 10.6 Å². The van der Waals surface area contributed by atoms with Crippen LogP contribution in [0.1, 0.15) is 23.2 Å². The molecule has 0 saturated heterocycles. The van der Waals surface area contributed by atoms with Crippen molar-refractivity contribution >= 4 is 29.2 Å². The van der Waals surface area contributed by atoms with Crippen molar-refractivity contribution in [3.05, 3.63) is 28.8 Å². The maximum Gasteiger partial charge on any atom is 0.339 e. The topological polar surface area (TPSA) is 78.4 Å². The number of halogens is 1. The lowest BCUT2D eigenvalue weighted by molar-refractivity contribution is -0.115. The van der Waals surface area contributed by atoms with Gasteiger partial charge in [0.2, 0.25) is 5.91 Å². The predicted molar refractivity (Wildman–Crippen MR) is 72.6 cm³/mol. The standard InChI is InChI=1S/C13H15ClN2O3/c14-9-2-1-3-10(12(9)13(18)19)16-11(17)7-15-6-8-4-5-8/h1-3,8,15H,4-7H2,(H,16,17)(H,18,19). The Morgan fingerprint density at radius 2 is 2.11 bits per heavy atom. The molecule has 0 unspecified atom stereocenters. The Labute approximate surface area is 116 Å². The maximum absolute atomic E-state index is 11.7. The summed E-state index contributed by atoms with van der Waals surface area (Å²) < 4.78 is 0. The summed E-state index contributed by atoms with van der Waals surface area (Å²) >= 11 is 5.81. The number of aromatic carboxylic acids is 1. The SMILES string of the molecule is O=C(CNCC1CC1)Nc1cccc(Cl)c1C(=O)O. The van der Waals surface area contributed by atoms with Crippen molar-refractivity contribution in [1.82, 2.24) is 5.32 Å². The Hall–Kier alpha value is -1.59. The number of hydrogen-bond donors (Lipinski definition) is 3. The Morgan fingerprint density at radius 1 is 1.37 bits per heavy atom. The first-order valence-corrected chi connectivity index (χ1v) is 6.48. The van der Waals surface area contributed by atoms with Crippen LogP contribution in [0.15, 0.2) is 18.2 Å². The first kappa shape index (κ1) is 13.8. The molecule has 0 spiro atoms. The van der Waals surface area contributed by atoms with Crippen molar-refractivity contribution in [2.75, 3.05) is 18.4 Å². The molecule has 1 saturated carbocycles. The molecule has 1 aromatic rings. The molecule has 102 valence electrons. The molecule has 0 aromatic heterocycles. The van der Waals surface area contributed by atoms with Crippen LogP contribution >= 0.6 is 11.6 Å². The summed E-state index contributed by atoms with van der Waals surface area (Å²) in [5, 5.41) is 14.8. The average molecular weight is 283 g/mol. The van der Waals surface area contributed by atoms with Crippen molar-refractivity contribution in [3.8, 4) is 0 Å². The fourth-order valence-corrected chi connectivity index (χ4v) is 2.01. The summed E-state index contributed by atoms with van der Waals surface area (Å²) in [6.45, 7) is 0.997. The molecule has 2 rings (SSSR count). The molecule has 19 heavy (non-hydrogen) atoms. The van der Waals surface area contributed by atoms with Gasteiger partial charge < -0.3 is 15.7 Å². The minimum absolute atomic E-state index is 0.0836. The van der Waals surface area contributed by atoms with Gasteiger partial charge >= 0.3 is 5.97 Å². The fraction of sp³-hybridized carbons (Fsp3) is 0.385. The second-order valence-corrected chi connectivity index (χ2v) is 5.00. The minimum Gasteiger partial charge on any atom is -0.478 e. The van der Waals surface area contributed by atoms with E-state index in [1.165, 1.54) is 25.0 Å². The summed E-state index contributed by atoms with van der Waals surface area (Å²) in [4.78, 5) is 22.8. The quantitative estimate of drug-likeness (QED) is 0.745. The number of rotatable bonds is 6. The van der Waals surface area contributed by atoms with Gasteiger partial charge in [0.1, 0.15) is 5.56 Å². The molecule has 6 heteroatoms. The van der Waals surface area contributed by atoms with Gasteiger partial charge in [0, 0.05) is 0 Å². The number of hydrogen-bond acceptors (Lipinski definition) is 3. The van der Waals surface area contributed by atoms with E-state index in [-0.39, 0.29) is 28.7 Å². The summed E-state index contributed by atoms with van der Waals surface area (Å²) in [5.41, 5.74) is 0.137. The second-order valence-electron chi connectivity index (χ2n) is 4.59. The van der Waals surface area contributed by atoms with Gasteiger partial charge in [-0.05, 0) is 37.4 Å². The lowest BCUT2D eigenvalue weighted by Gasteiger charge is -2.10. The van der Waals surface area contributed by atoms with Gasteiger partial charge in [-0.15, -0.1) is 0 Å². The molecule has 0 heterocycles. The first-order valence-electron chi connectivity index (χ1n) is 6.10. The molecule has 0 atom stereocenters. The van der Waals surface area contributed by atoms with Gasteiger partial charge in [-0.1, -0.05) is 17.7 Å². The second kappa shape index (κ2) is 6.04. The van der Waals surface area contributed by atoms with Crippen LogP contribution in [0.4, 0.5) is 5.69 Å². The Morgan fingerprint density at radius 3 is 2.74 bits per heavy atom. The van der Waals surface area contributed by atoms with E-state index >= 15 is 0 Å². The third-order valence-electron chi connectivity index (χ3n) is 2.92. The van der Waals surface area contributed by atoms with Crippen LogP contribution in [0.5, 0.6) is 0 Å². The molecular formula is C13H15ClN2O3. The lowest BCUT2D eigenvalue weighted by atomic mass is 10.1. The summed E-state index contributed by atoms with van der Waals surface area (Å²) in [6, 6.07) is 4.60. The smallest absolute Gasteiger partial charge is 0.339 e. The highest BCUT2D eigenvalue weighted by atomic mass is 35.5. The third kappa shape index (κ3) is 3.94. The molecule has 1 amide bonds. The zero-order valence-corrected chi connectivity index (χ0v) is 11.0. The Balaban J connectivity index is 1.95. The molecule has 1 fully saturated rings. The molecule has 3 N–H and O–H groups in total. The summed E-state index contributed by atoms with van der Waals surface area (Å²) in [7, 11) is 0. The number of nitrogens with one attached hydrogen (secondary N) is 2.